The molecule has 0 saturated carbocycles. The van der Waals surface area contributed by atoms with Crippen LogP contribution in [-0.2, 0) is 3.42 Å². The molecule has 0 aliphatic rings. The Kier molecular flexibility index (Phi) is 2.58. The Labute approximate surface area is 82.2 Å². The first kappa shape index (κ1) is 9.04. The van der Waals surface area contributed by atoms with Crippen molar-refractivity contribution < 1.29 is 22.6 Å². The molecule has 0 aliphatic heterocycles. The van der Waals surface area contributed by atoms with Crippen LogP contribution in [0.1, 0.15) is 25.0 Å². The van der Waals surface area contributed by atoms with Crippen molar-refractivity contribution >= 4 is 0 Å². The predicted octanol–water partition coefficient (Wildman–Crippen LogP) is -0.484. The van der Waals surface area contributed by atoms with E-state index in [4.69, 9.17) is 0 Å². The van der Waals surface area contributed by atoms with Gasteiger partial charge in [0, 0.05) is 5.56 Å². The van der Waals surface area contributed by atoms with Crippen molar-refractivity contribution in [2.45, 2.75) is 24.2 Å². The quantitative estimate of drug-likeness (QED) is 0.473. The number of benzene rings is 1. The molecule has 0 saturated heterocycles. The Balaban J connectivity index is 2.99. The maximum absolute atomic E-state index is 2.24. The second-order valence-electron chi connectivity index (χ2n) is 3.38. The molecule has 0 aromatic heterocycles. The average molecular weight is 261 g/mol. The van der Waals surface area contributed by atoms with Gasteiger partial charge in [-0.05, 0) is 20.8 Å². The minimum Gasteiger partial charge on any atom is -0.0589 e. The van der Waals surface area contributed by atoms with Gasteiger partial charge in [-0.25, -0.2) is 0 Å². The molecule has 1 heteroatoms. The highest BCUT2D eigenvalue weighted by Crippen LogP contribution is 2.13. The maximum Gasteiger partial charge on any atom is 0.263 e. The zero-order chi connectivity index (χ0) is 8.48. The molecule has 0 unspecified atom stereocenters. The van der Waals surface area contributed by atoms with E-state index in [-0.39, 0.29) is 0 Å². The summed E-state index contributed by atoms with van der Waals surface area (Å²) in [4.78, 5) is 0. The molecule has 0 aliphatic carbocycles. The Morgan fingerprint density at radius 1 is 1.09 bits per heavy atom. The van der Waals surface area contributed by atoms with Crippen LogP contribution < -0.4 is 22.6 Å². The molecule has 0 N–H and O–H groups in total. The predicted molar refractivity (Wildman–Crippen MR) is 45.6 cm³/mol. The van der Waals surface area contributed by atoms with E-state index in [1.807, 2.05) is 0 Å². The highest BCUT2D eigenvalue weighted by Gasteiger charge is 2.24. The Bertz CT molecular complexity index is 228. The lowest BCUT2D eigenvalue weighted by molar-refractivity contribution is -0.475. The summed E-state index contributed by atoms with van der Waals surface area (Å²) in [5.41, 5.74) is 2.74. The first-order valence-corrected chi connectivity index (χ1v) is 4.94. The van der Waals surface area contributed by atoms with Crippen LogP contribution in [0.25, 0.3) is 0 Å². The summed E-state index contributed by atoms with van der Waals surface area (Å²) >= 11 is 2.16. The normalized spacial score (nSPS) is 11.6. The highest BCUT2D eigenvalue weighted by molar-refractivity contribution is 5.24. The lowest BCUT2D eigenvalue weighted by Crippen LogP contribution is -3.41. The third kappa shape index (κ3) is 2.47. The fraction of sp³-hybridized carbons (Fsp3) is 0.400. The van der Waals surface area contributed by atoms with Crippen molar-refractivity contribution in [3.8, 4) is 0 Å². The SMILES string of the molecule is Cc1ccc(C(C)(C)[IH+])cc1. The number of alkyl halides is 1. The number of rotatable bonds is 1. The molecule has 0 atom stereocenters. The molecule has 1 rings (SSSR count). The van der Waals surface area contributed by atoms with Gasteiger partial charge in [0.1, 0.15) is 0 Å². The van der Waals surface area contributed by atoms with E-state index in [9.17, 15) is 0 Å². The molecule has 0 spiro atoms. The Morgan fingerprint density at radius 3 is 1.91 bits per heavy atom. The van der Waals surface area contributed by atoms with Crippen LogP contribution in [0, 0.1) is 6.92 Å². The van der Waals surface area contributed by atoms with E-state index in [0.717, 1.165) is 0 Å². The van der Waals surface area contributed by atoms with Gasteiger partial charge >= 0.3 is 0 Å². The van der Waals surface area contributed by atoms with Crippen molar-refractivity contribution in [1.29, 1.82) is 0 Å². The number of hydrogen-bond donors (Lipinski definition) is 0. The lowest BCUT2D eigenvalue weighted by atomic mass is 10.0. The van der Waals surface area contributed by atoms with Gasteiger partial charge in [0.25, 0.3) is 22.6 Å². The number of hydrogen-bond acceptors (Lipinski definition) is 0. The van der Waals surface area contributed by atoms with Crippen LogP contribution in [0.2, 0.25) is 0 Å². The van der Waals surface area contributed by atoms with Crippen molar-refractivity contribution in [3.05, 3.63) is 35.4 Å². The molecular formula is C10H14I+. The topological polar surface area (TPSA) is 0 Å². The molecule has 0 fully saturated rings. The van der Waals surface area contributed by atoms with E-state index in [1.54, 1.807) is 0 Å². The first-order chi connectivity index (χ1) is 5.00. The van der Waals surface area contributed by atoms with Crippen LogP contribution in [0.15, 0.2) is 24.3 Å². The minimum atomic E-state index is 0.295. The molecule has 0 heterocycles. The van der Waals surface area contributed by atoms with Crippen LogP contribution >= 0.6 is 0 Å². The first-order valence-electron chi connectivity index (χ1n) is 3.78. The summed E-state index contributed by atoms with van der Waals surface area (Å²) in [6.45, 7) is 6.59. The molecule has 11 heavy (non-hydrogen) atoms. The van der Waals surface area contributed by atoms with Crippen LogP contribution in [0.4, 0.5) is 0 Å². The van der Waals surface area contributed by atoms with E-state index >= 15 is 0 Å². The van der Waals surface area contributed by atoms with Gasteiger partial charge in [0.15, 0.2) is 3.42 Å². The monoisotopic (exact) mass is 261 g/mol. The third-order valence-electron chi connectivity index (χ3n) is 1.75. The summed E-state index contributed by atoms with van der Waals surface area (Å²) in [5, 5.41) is 0. The van der Waals surface area contributed by atoms with Gasteiger partial charge in [-0.15, -0.1) is 0 Å². The number of aryl methyl sites for hydroxylation is 1. The molecule has 0 radical (unpaired) electrons. The van der Waals surface area contributed by atoms with Crippen LogP contribution in [-0.4, -0.2) is 0 Å². The van der Waals surface area contributed by atoms with E-state index in [1.165, 1.54) is 11.1 Å². The molecule has 1 aromatic rings. The van der Waals surface area contributed by atoms with E-state index in [2.05, 4.69) is 67.6 Å². The van der Waals surface area contributed by atoms with Crippen molar-refractivity contribution in [2.24, 2.45) is 0 Å². The molecule has 0 amide bonds. The molecular weight excluding hydrogens is 247 g/mol. The van der Waals surface area contributed by atoms with Gasteiger partial charge in [-0.1, -0.05) is 29.8 Å². The third-order valence-corrected chi connectivity index (χ3v) is 2.42. The van der Waals surface area contributed by atoms with Gasteiger partial charge in [0.05, 0.1) is 0 Å². The van der Waals surface area contributed by atoms with Crippen LogP contribution in [0.3, 0.4) is 0 Å². The lowest BCUT2D eigenvalue weighted by Gasteiger charge is -2.08. The second kappa shape index (κ2) is 3.13. The average Bonchev–Trinajstić information content (AvgIpc) is 1.86. The zero-order valence-corrected chi connectivity index (χ0v) is 9.55. The van der Waals surface area contributed by atoms with Crippen molar-refractivity contribution in [2.75, 3.05) is 0 Å². The maximum atomic E-state index is 2.24. The summed E-state index contributed by atoms with van der Waals surface area (Å²) in [6, 6.07) is 8.75. The fourth-order valence-corrected chi connectivity index (χ4v) is 1.34. The minimum absolute atomic E-state index is 0.295. The zero-order valence-electron chi connectivity index (χ0n) is 7.22. The molecule has 1 aromatic carbocycles. The largest absolute Gasteiger partial charge is 0.263 e. The smallest absolute Gasteiger partial charge is 0.0589 e. The van der Waals surface area contributed by atoms with E-state index in [0.29, 0.717) is 3.42 Å². The van der Waals surface area contributed by atoms with Gasteiger partial charge < -0.3 is 0 Å². The highest BCUT2D eigenvalue weighted by atomic mass is 127. The summed E-state index contributed by atoms with van der Waals surface area (Å²) in [6.07, 6.45) is 0. The molecule has 0 nitrogen and oxygen atoms in total. The second-order valence-corrected chi connectivity index (χ2v) is 6.29. The van der Waals surface area contributed by atoms with E-state index < -0.39 is 0 Å². The Hall–Kier alpha value is -0.0500. The fourth-order valence-electron chi connectivity index (χ4n) is 0.955. The Morgan fingerprint density at radius 2 is 1.55 bits per heavy atom. The number of halogens is 1. The standard InChI is InChI=1S/C10H14I/c1-8-4-6-9(7-5-8)10(2,3)11/h4-7,11H,1-3H3/q+1. The molecule has 0 bridgehead atoms. The molecule has 60 valence electrons. The summed E-state index contributed by atoms with van der Waals surface area (Å²) in [5.74, 6) is 0. The van der Waals surface area contributed by atoms with Crippen molar-refractivity contribution in [3.63, 3.8) is 0 Å². The van der Waals surface area contributed by atoms with Gasteiger partial charge in [-0.2, -0.15) is 0 Å². The van der Waals surface area contributed by atoms with Crippen LogP contribution in [0.5, 0.6) is 0 Å². The van der Waals surface area contributed by atoms with Gasteiger partial charge in [0.2, 0.25) is 0 Å². The summed E-state index contributed by atoms with van der Waals surface area (Å²) < 4.78 is 0.295. The summed E-state index contributed by atoms with van der Waals surface area (Å²) in [7, 11) is 0. The van der Waals surface area contributed by atoms with Crippen molar-refractivity contribution in [1.82, 2.24) is 0 Å². The van der Waals surface area contributed by atoms with Gasteiger partial charge in [-0.3, -0.25) is 0 Å².